The van der Waals surface area contributed by atoms with E-state index in [-0.39, 0.29) is 17.5 Å². The second kappa shape index (κ2) is 8.65. The Bertz CT molecular complexity index is 1320. The summed E-state index contributed by atoms with van der Waals surface area (Å²) in [5.74, 6) is 2.60. The third-order valence-electron chi connectivity index (χ3n) is 4.64. The maximum atomic E-state index is 12.6. The van der Waals surface area contributed by atoms with E-state index in [9.17, 15) is 4.79 Å². The van der Waals surface area contributed by atoms with Gasteiger partial charge in [0.05, 0.1) is 36.7 Å². The van der Waals surface area contributed by atoms with Crippen LogP contribution >= 0.6 is 11.6 Å². The molecule has 0 saturated heterocycles. The minimum Gasteiger partial charge on any atom is -0.497 e. The van der Waals surface area contributed by atoms with Gasteiger partial charge in [-0.05, 0) is 31.2 Å². The summed E-state index contributed by atoms with van der Waals surface area (Å²) in [6.45, 7) is 2.21. The summed E-state index contributed by atoms with van der Waals surface area (Å²) in [5.41, 5.74) is 1.52. The lowest BCUT2D eigenvalue weighted by molar-refractivity contribution is 0.343. The Morgan fingerprint density at radius 1 is 1.03 bits per heavy atom. The van der Waals surface area contributed by atoms with Crippen LogP contribution < -0.4 is 25.1 Å². The summed E-state index contributed by atoms with van der Waals surface area (Å²) in [6.07, 6.45) is 0. The van der Waals surface area contributed by atoms with Crippen LogP contribution in [0.3, 0.4) is 0 Å². The van der Waals surface area contributed by atoms with E-state index >= 15 is 0 Å². The molecule has 2 heterocycles. The smallest absolute Gasteiger partial charge is 0.260 e. The number of ether oxygens (including phenoxy) is 3. The topological polar surface area (TPSA) is 111 Å². The van der Waals surface area contributed by atoms with E-state index in [0.29, 0.717) is 51.8 Å². The van der Waals surface area contributed by atoms with E-state index in [4.69, 9.17) is 25.8 Å². The van der Waals surface area contributed by atoms with Gasteiger partial charge in [-0.2, -0.15) is 0 Å². The van der Waals surface area contributed by atoms with Gasteiger partial charge in [-0.25, -0.2) is 15.0 Å². The van der Waals surface area contributed by atoms with Gasteiger partial charge in [0.2, 0.25) is 11.9 Å². The lowest BCUT2D eigenvalue weighted by Gasteiger charge is -2.12. The summed E-state index contributed by atoms with van der Waals surface area (Å²) in [6, 6.07) is 8.67. The van der Waals surface area contributed by atoms with Crippen LogP contribution in [0.15, 0.2) is 35.1 Å². The van der Waals surface area contributed by atoms with Crippen LogP contribution in [-0.2, 0) is 0 Å². The molecule has 2 aromatic carbocycles. The number of nitrogens with one attached hydrogen (secondary N) is 2. The first kappa shape index (κ1) is 20.7. The van der Waals surface area contributed by atoms with Crippen LogP contribution in [0.2, 0.25) is 0 Å². The Balaban J connectivity index is 1.72. The molecular formula is C21H20ClN5O4. The van der Waals surface area contributed by atoms with E-state index in [1.807, 2.05) is 13.0 Å². The zero-order valence-electron chi connectivity index (χ0n) is 17.2. The lowest BCUT2D eigenvalue weighted by Crippen LogP contribution is -2.13. The van der Waals surface area contributed by atoms with Crippen LogP contribution in [0.4, 0.5) is 11.9 Å². The fourth-order valence-electron chi connectivity index (χ4n) is 3.18. The van der Waals surface area contributed by atoms with Gasteiger partial charge in [0, 0.05) is 11.5 Å². The van der Waals surface area contributed by atoms with Crippen molar-refractivity contribution in [1.29, 1.82) is 0 Å². The molecule has 0 aliphatic heterocycles. The van der Waals surface area contributed by atoms with Crippen LogP contribution in [0.1, 0.15) is 5.69 Å². The minimum absolute atomic E-state index is 0.221. The molecule has 0 unspecified atom stereocenters. The SMILES string of the molecule is COc1cc(OC)c2nc(Nc3nc4ccc(OCCCl)cc4c(=O)[nH]3)nc(C)c2c1. The largest absolute Gasteiger partial charge is 0.497 e. The zero-order valence-corrected chi connectivity index (χ0v) is 17.9. The van der Waals surface area contributed by atoms with Gasteiger partial charge in [-0.3, -0.25) is 15.1 Å². The molecule has 0 saturated carbocycles. The first-order valence-corrected chi connectivity index (χ1v) is 9.96. The van der Waals surface area contributed by atoms with Crippen molar-refractivity contribution in [3.8, 4) is 17.2 Å². The quantitative estimate of drug-likeness (QED) is 0.419. The molecular weight excluding hydrogens is 422 g/mol. The average Bonchev–Trinajstić information content (AvgIpc) is 2.77. The van der Waals surface area contributed by atoms with Gasteiger partial charge in [0.15, 0.2) is 0 Å². The Kier molecular flexibility index (Phi) is 5.77. The van der Waals surface area contributed by atoms with Gasteiger partial charge < -0.3 is 14.2 Å². The van der Waals surface area contributed by atoms with Crippen molar-refractivity contribution in [1.82, 2.24) is 19.9 Å². The molecule has 4 aromatic rings. The van der Waals surface area contributed by atoms with Gasteiger partial charge in [0.1, 0.15) is 29.4 Å². The van der Waals surface area contributed by atoms with Crippen molar-refractivity contribution in [2.24, 2.45) is 0 Å². The average molecular weight is 442 g/mol. The van der Waals surface area contributed by atoms with Crippen molar-refractivity contribution in [3.63, 3.8) is 0 Å². The highest BCUT2D eigenvalue weighted by Crippen LogP contribution is 2.32. The highest BCUT2D eigenvalue weighted by atomic mass is 35.5. The fraction of sp³-hybridized carbons (Fsp3) is 0.238. The number of anilines is 2. The predicted molar refractivity (Wildman–Crippen MR) is 119 cm³/mol. The monoisotopic (exact) mass is 441 g/mol. The van der Waals surface area contributed by atoms with Crippen molar-refractivity contribution >= 4 is 45.3 Å². The predicted octanol–water partition coefficient (Wildman–Crippen LogP) is 3.55. The highest BCUT2D eigenvalue weighted by molar-refractivity contribution is 6.18. The molecule has 0 bridgehead atoms. The molecule has 2 N–H and O–H groups in total. The lowest BCUT2D eigenvalue weighted by atomic mass is 10.1. The summed E-state index contributed by atoms with van der Waals surface area (Å²) in [5, 5.41) is 4.18. The van der Waals surface area contributed by atoms with E-state index in [0.717, 1.165) is 5.39 Å². The molecule has 0 atom stereocenters. The maximum absolute atomic E-state index is 12.6. The summed E-state index contributed by atoms with van der Waals surface area (Å²) < 4.78 is 16.2. The number of hydrogen-bond donors (Lipinski definition) is 2. The number of halogens is 1. The summed E-state index contributed by atoms with van der Waals surface area (Å²) in [4.78, 5) is 28.7. The number of H-pyrrole nitrogens is 1. The van der Waals surface area contributed by atoms with E-state index in [1.54, 1.807) is 38.5 Å². The van der Waals surface area contributed by atoms with Gasteiger partial charge in [-0.1, -0.05) is 0 Å². The highest BCUT2D eigenvalue weighted by Gasteiger charge is 2.13. The maximum Gasteiger partial charge on any atom is 0.260 e. The van der Waals surface area contributed by atoms with E-state index in [1.165, 1.54) is 0 Å². The van der Waals surface area contributed by atoms with Crippen LogP contribution in [0.25, 0.3) is 21.8 Å². The fourth-order valence-corrected chi connectivity index (χ4v) is 3.26. The normalized spacial score (nSPS) is 11.0. The van der Waals surface area contributed by atoms with E-state index < -0.39 is 0 Å². The molecule has 0 radical (unpaired) electrons. The van der Waals surface area contributed by atoms with E-state index in [2.05, 4.69) is 25.3 Å². The number of nitrogens with zero attached hydrogens (tertiary/aromatic N) is 3. The Morgan fingerprint density at radius 2 is 1.84 bits per heavy atom. The number of aromatic nitrogens is 4. The number of alkyl halides is 1. The standard InChI is InChI=1S/C21H20ClN5O4/c1-11-14-9-13(29-2)10-17(30-3)18(14)25-20(23-11)27-21-24-16-5-4-12(31-7-6-22)8-15(16)19(28)26-21/h4-5,8-10H,6-7H2,1-3H3,(H2,23,24,25,26,27,28). The van der Waals surface area contributed by atoms with Gasteiger partial charge >= 0.3 is 0 Å². The van der Waals surface area contributed by atoms with Gasteiger partial charge in [-0.15, -0.1) is 11.6 Å². The number of fused-ring (bicyclic) bond motifs is 2. The van der Waals surface area contributed by atoms with Crippen LogP contribution in [0.5, 0.6) is 17.2 Å². The third kappa shape index (κ3) is 4.17. The first-order valence-electron chi connectivity index (χ1n) is 9.42. The number of methoxy groups -OCH3 is 2. The summed E-state index contributed by atoms with van der Waals surface area (Å²) in [7, 11) is 3.15. The zero-order chi connectivity index (χ0) is 22.0. The van der Waals surface area contributed by atoms with Crippen LogP contribution in [0, 0.1) is 6.92 Å². The minimum atomic E-state index is -0.316. The Morgan fingerprint density at radius 3 is 2.58 bits per heavy atom. The number of benzene rings is 2. The second-order valence-corrected chi connectivity index (χ2v) is 6.99. The molecule has 9 nitrogen and oxygen atoms in total. The molecule has 2 aromatic heterocycles. The van der Waals surface area contributed by atoms with Crippen molar-refractivity contribution < 1.29 is 14.2 Å². The van der Waals surface area contributed by atoms with Crippen molar-refractivity contribution in [2.45, 2.75) is 6.92 Å². The Hall–Kier alpha value is -3.59. The number of aromatic amines is 1. The third-order valence-corrected chi connectivity index (χ3v) is 4.79. The molecule has 0 spiro atoms. The molecule has 0 aliphatic rings. The van der Waals surface area contributed by atoms with Crippen molar-refractivity contribution in [2.75, 3.05) is 32.0 Å². The van der Waals surface area contributed by atoms with Crippen molar-refractivity contribution in [3.05, 3.63) is 46.4 Å². The molecule has 0 amide bonds. The number of hydrogen-bond acceptors (Lipinski definition) is 8. The molecule has 0 fully saturated rings. The second-order valence-electron chi connectivity index (χ2n) is 6.61. The molecule has 4 rings (SSSR count). The van der Waals surface area contributed by atoms with Gasteiger partial charge in [0.25, 0.3) is 5.56 Å². The number of aryl methyl sites for hydroxylation is 1. The molecule has 31 heavy (non-hydrogen) atoms. The molecule has 160 valence electrons. The summed E-state index contributed by atoms with van der Waals surface area (Å²) >= 11 is 5.64. The Labute approximate surface area is 182 Å². The number of rotatable bonds is 7. The first-order chi connectivity index (χ1) is 15.0. The molecule has 10 heteroatoms. The van der Waals surface area contributed by atoms with Crippen LogP contribution in [-0.4, -0.2) is 46.6 Å². The molecule has 0 aliphatic carbocycles.